The third-order valence-electron chi connectivity index (χ3n) is 6.18. The highest BCUT2D eigenvalue weighted by molar-refractivity contribution is 5.71. The van der Waals surface area contributed by atoms with Gasteiger partial charge in [0.2, 0.25) is 0 Å². The van der Waals surface area contributed by atoms with Crippen LogP contribution in [0, 0.1) is 0 Å². The number of rotatable bonds is 6. The molecule has 1 aliphatic carbocycles. The summed E-state index contributed by atoms with van der Waals surface area (Å²) in [5.41, 5.74) is 5.91. The number of carboxylic acid groups (broad SMARTS) is 1. The van der Waals surface area contributed by atoms with E-state index in [2.05, 4.69) is 30.3 Å². The van der Waals surface area contributed by atoms with Gasteiger partial charge in [0, 0.05) is 17.5 Å². The molecule has 0 saturated carbocycles. The summed E-state index contributed by atoms with van der Waals surface area (Å²) in [5, 5.41) is 9.08. The van der Waals surface area contributed by atoms with E-state index in [4.69, 9.17) is 19.3 Å². The molecule has 5 rings (SSSR count). The quantitative estimate of drug-likeness (QED) is 0.584. The van der Waals surface area contributed by atoms with Crippen molar-refractivity contribution in [1.82, 2.24) is 0 Å². The van der Waals surface area contributed by atoms with E-state index in [0.29, 0.717) is 6.61 Å². The van der Waals surface area contributed by atoms with Gasteiger partial charge in [0.25, 0.3) is 0 Å². The van der Waals surface area contributed by atoms with Gasteiger partial charge in [-0.3, -0.25) is 4.79 Å². The predicted octanol–water partition coefficient (Wildman–Crippen LogP) is 5.38. The smallest absolute Gasteiger partial charge is 0.304 e. The second-order valence-corrected chi connectivity index (χ2v) is 8.05. The molecule has 0 fully saturated rings. The molecule has 3 aromatic rings. The van der Waals surface area contributed by atoms with Crippen LogP contribution in [0.1, 0.15) is 41.6 Å². The van der Waals surface area contributed by atoms with Crippen LogP contribution in [0.2, 0.25) is 0 Å². The summed E-state index contributed by atoms with van der Waals surface area (Å²) in [6, 6.07) is 20.3. The lowest BCUT2D eigenvalue weighted by Crippen LogP contribution is -2.07. The topological polar surface area (TPSA) is 65.0 Å². The lowest BCUT2D eigenvalue weighted by molar-refractivity contribution is -0.137. The minimum atomic E-state index is -0.808. The molecule has 0 aromatic heterocycles. The fourth-order valence-electron chi connectivity index (χ4n) is 4.65. The summed E-state index contributed by atoms with van der Waals surface area (Å²) in [6.45, 7) is 0.405. The third-order valence-corrected chi connectivity index (χ3v) is 6.18. The number of hydrogen-bond donors (Lipinski definition) is 1. The van der Waals surface area contributed by atoms with Gasteiger partial charge in [-0.2, -0.15) is 0 Å². The van der Waals surface area contributed by atoms with Gasteiger partial charge in [0.05, 0.1) is 20.1 Å². The second-order valence-electron chi connectivity index (χ2n) is 8.05. The first kappa shape index (κ1) is 19.5. The highest BCUT2D eigenvalue weighted by Gasteiger charge is 2.29. The average molecular weight is 416 g/mol. The van der Waals surface area contributed by atoms with Gasteiger partial charge in [-0.15, -0.1) is 0 Å². The zero-order chi connectivity index (χ0) is 21.4. The fraction of sp³-hybridized carbons (Fsp3) is 0.269. The van der Waals surface area contributed by atoms with E-state index in [1.807, 2.05) is 30.3 Å². The zero-order valence-corrected chi connectivity index (χ0v) is 17.3. The summed E-state index contributed by atoms with van der Waals surface area (Å²) >= 11 is 0. The molecule has 0 saturated heterocycles. The maximum Gasteiger partial charge on any atom is 0.304 e. The molecule has 1 aliphatic heterocycles. The Hall–Kier alpha value is -3.47. The lowest BCUT2D eigenvalue weighted by Gasteiger charge is -2.17. The summed E-state index contributed by atoms with van der Waals surface area (Å²) in [6.07, 6.45) is 1.95. The molecule has 1 unspecified atom stereocenters. The molecule has 2 atom stereocenters. The van der Waals surface area contributed by atoms with E-state index in [9.17, 15) is 4.79 Å². The number of fused-ring (bicyclic) bond motifs is 2. The van der Waals surface area contributed by atoms with E-state index in [1.54, 1.807) is 7.11 Å². The van der Waals surface area contributed by atoms with Crippen molar-refractivity contribution in [2.24, 2.45) is 0 Å². The van der Waals surface area contributed by atoms with Crippen molar-refractivity contribution < 1.29 is 24.1 Å². The third kappa shape index (κ3) is 3.72. The Bertz CT molecular complexity index is 1120. The van der Waals surface area contributed by atoms with Gasteiger partial charge >= 0.3 is 5.97 Å². The summed E-state index contributed by atoms with van der Waals surface area (Å²) < 4.78 is 17.4. The van der Waals surface area contributed by atoms with Crippen LogP contribution >= 0.6 is 0 Å². The molecule has 2 aliphatic rings. The van der Waals surface area contributed by atoms with Crippen molar-refractivity contribution in [3.63, 3.8) is 0 Å². The van der Waals surface area contributed by atoms with Crippen LogP contribution in [-0.4, -0.2) is 24.8 Å². The van der Waals surface area contributed by atoms with Crippen molar-refractivity contribution >= 4 is 5.97 Å². The molecule has 5 heteroatoms. The standard InChI is InChI=1S/C26H24O5/c1-29-18-7-5-16(6-8-18)20-3-2-4-23-22(20)11-12-24(23)31-19-9-10-21-17(13-26(27)28)15-30-25(21)14-19/h2-10,14,17,24H,11-13,15H2,1H3,(H,27,28)/t17?,24-/m1/s1. The Balaban J connectivity index is 1.37. The largest absolute Gasteiger partial charge is 0.497 e. The Morgan fingerprint density at radius 3 is 2.65 bits per heavy atom. The zero-order valence-electron chi connectivity index (χ0n) is 17.3. The molecule has 1 N–H and O–H groups in total. The van der Waals surface area contributed by atoms with Crippen molar-refractivity contribution in [2.75, 3.05) is 13.7 Å². The number of aliphatic carboxylic acids is 1. The van der Waals surface area contributed by atoms with Crippen molar-refractivity contribution in [3.05, 3.63) is 77.4 Å². The van der Waals surface area contributed by atoms with Gasteiger partial charge in [-0.05, 0) is 53.3 Å². The van der Waals surface area contributed by atoms with Gasteiger partial charge in [0.15, 0.2) is 0 Å². The molecule has 0 radical (unpaired) electrons. The maximum absolute atomic E-state index is 11.1. The van der Waals surface area contributed by atoms with Crippen LogP contribution in [0.25, 0.3) is 11.1 Å². The molecule has 158 valence electrons. The molecule has 5 nitrogen and oxygen atoms in total. The van der Waals surface area contributed by atoms with Crippen LogP contribution in [0.15, 0.2) is 60.7 Å². The monoisotopic (exact) mass is 416 g/mol. The number of methoxy groups -OCH3 is 1. The van der Waals surface area contributed by atoms with E-state index >= 15 is 0 Å². The molecule has 0 spiro atoms. The average Bonchev–Trinajstić information content (AvgIpc) is 3.37. The predicted molar refractivity (Wildman–Crippen MR) is 117 cm³/mol. The highest BCUT2D eigenvalue weighted by Crippen LogP contribution is 2.43. The normalized spacial score (nSPS) is 18.7. The summed E-state index contributed by atoms with van der Waals surface area (Å²) in [7, 11) is 1.67. The minimum absolute atomic E-state index is 0.0116. The van der Waals surface area contributed by atoms with Crippen LogP contribution in [0.5, 0.6) is 17.2 Å². The molecule has 1 heterocycles. The second kappa shape index (κ2) is 7.99. The van der Waals surface area contributed by atoms with Gasteiger partial charge in [-0.25, -0.2) is 0 Å². The first-order valence-electron chi connectivity index (χ1n) is 10.5. The molecular weight excluding hydrogens is 392 g/mol. The summed E-state index contributed by atoms with van der Waals surface area (Å²) in [4.78, 5) is 11.1. The summed E-state index contributed by atoms with van der Waals surface area (Å²) in [5.74, 6) is 1.43. The molecule has 0 amide bonds. The van der Waals surface area contributed by atoms with E-state index in [1.165, 1.54) is 22.3 Å². The Labute approximate surface area is 181 Å². The van der Waals surface area contributed by atoms with Crippen molar-refractivity contribution in [3.8, 4) is 28.4 Å². The molecule has 0 bridgehead atoms. The van der Waals surface area contributed by atoms with Gasteiger partial charge in [-0.1, -0.05) is 36.4 Å². The molecule has 31 heavy (non-hydrogen) atoms. The van der Waals surface area contributed by atoms with E-state index < -0.39 is 5.97 Å². The fourth-order valence-corrected chi connectivity index (χ4v) is 4.65. The highest BCUT2D eigenvalue weighted by atomic mass is 16.5. The molecular formula is C26H24O5. The van der Waals surface area contributed by atoms with Crippen LogP contribution in [0.3, 0.4) is 0 Å². The van der Waals surface area contributed by atoms with E-state index in [-0.39, 0.29) is 18.4 Å². The van der Waals surface area contributed by atoms with E-state index in [0.717, 1.165) is 35.7 Å². The number of ether oxygens (including phenoxy) is 3. The van der Waals surface area contributed by atoms with Crippen molar-refractivity contribution in [1.29, 1.82) is 0 Å². The number of carbonyl (C=O) groups is 1. The first-order chi connectivity index (χ1) is 15.1. The minimum Gasteiger partial charge on any atom is -0.497 e. The number of hydrogen-bond acceptors (Lipinski definition) is 4. The Morgan fingerprint density at radius 2 is 1.87 bits per heavy atom. The number of carboxylic acids is 1. The van der Waals surface area contributed by atoms with Crippen molar-refractivity contribution in [2.45, 2.75) is 31.3 Å². The molecule has 3 aromatic carbocycles. The van der Waals surface area contributed by atoms with Gasteiger partial charge < -0.3 is 19.3 Å². The van der Waals surface area contributed by atoms with Crippen LogP contribution in [0.4, 0.5) is 0 Å². The number of benzene rings is 3. The SMILES string of the molecule is COc1ccc(-c2cccc3c2CC[C@H]3Oc2ccc3c(c2)OCC3CC(=O)O)cc1. The first-order valence-corrected chi connectivity index (χ1v) is 10.5. The maximum atomic E-state index is 11.1. The lowest BCUT2D eigenvalue weighted by atomic mass is 9.96. The van der Waals surface area contributed by atoms with Crippen LogP contribution < -0.4 is 14.2 Å². The van der Waals surface area contributed by atoms with Crippen LogP contribution in [-0.2, 0) is 11.2 Å². The Morgan fingerprint density at radius 1 is 1.06 bits per heavy atom. The Kier molecular flexibility index (Phi) is 5.02. The van der Waals surface area contributed by atoms with Gasteiger partial charge in [0.1, 0.15) is 23.4 Å².